The summed E-state index contributed by atoms with van der Waals surface area (Å²) in [4.78, 5) is 1.80. The first kappa shape index (κ1) is 21.1. The van der Waals surface area contributed by atoms with Crippen molar-refractivity contribution in [3.8, 4) is 28.7 Å². The lowest BCUT2D eigenvalue weighted by Gasteiger charge is -2.27. The molecule has 32 heavy (non-hydrogen) atoms. The Bertz CT molecular complexity index is 1230. The van der Waals surface area contributed by atoms with Crippen LogP contribution in [0.25, 0.3) is 0 Å². The molecule has 0 unspecified atom stereocenters. The minimum Gasteiger partial charge on any atom is -0.508 e. The number of hydrogen-bond acceptors (Lipinski definition) is 5. The maximum atomic E-state index is 10.7. The fraction of sp³-hybridized carbons (Fsp3) is 0.111. The molecule has 0 heterocycles. The normalized spacial score (nSPS) is 10.7. The van der Waals surface area contributed by atoms with E-state index in [1.807, 2.05) is 62.4 Å². The van der Waals surface area contributed by atoms with Gasteiger partial charge in [-0.05, 0) is 80.4 Å². The van der Waals surface area contributed by atoms with Crippen molar-refractivity contribution in [3.63, 3.8) is 0 Å². The number of aryl methyl sites for hydroxylation is 2. The predicted molar refractivity (Wildman–Crippen MR) is 127 cm³/mol. The van der Waals surface area contributed by atoms with E-state index in [9.17, 15) is 15.3 Å². The van der Waals surface area contributed by atoms with Gasteiger partial charge in [0.1, 0.15) is 28.7 Å². The van der Waals surface area contributed by atoms with Gasteiger partial charge >= 0.3 is 0 Å². The first-order valence-electron chi connectivity index (χ1n) is 10.3. The second kappa shape index (κ2) is 8.55. The highest BCUT2D eigenvalue weighted by Crippen LogP contribution is 2.45. The molecule has 162 valence electrons. The third-order valence-electron chi connectivity index (χ3n) is 5.30. The molecule has 0 aliphatic heterocycles. The standard InChI is InChI=1S/C27H25NO4/c1-17-10-12-25(30)22(14-17)28(23-15-18(2)11-13-26(23)31)20-6-4-7-21(16-20)32-27-9-5-8-24(29)19(27)3/h4-16,29-31H,1-3H3. The fourth-order valence-corrected chi connectivity index (χ4v) is 3.56. The van der Waals surface area contributed by atoms with Gasteiger partial charge in [-0.1, -0.05) is 24.3 Å². The van der Waals surface area contributed by atoms with Crippen LogP contribution >= 0.6 is 0 Å². The van der Waals surface area contributed by atoms with Gasteiger partial charge in [0.2, 0.25) is 0 Å². The van der Waals surface area contributed by atoms with E-state index in [0.717, 1.165) is 11.1 Å². The van der Waals surface area contributed by atoms with Crippen molar-refractivity contribution in [1.29, 1.82) is 0 Å². The van der Waals surface area contributed by atoms with E-state index in [2.05, 4.69) is 0 Å². The molecule has 0 saturated carbocycles. The number of phenols is 3. The van der Waals surface area contributed by atoms with Crippen molar-refractivity contribution in [3.05, 3.63) is 95.6 Å². The lowest BCUT2D eigenvalue weighted by atomic mass is 10.1. The molecule has 3 N–H and O–H groups in total. The Morgan fingerprint density at radius 1 is 0.625 bits per heavy atom. The van der Waals surface area contributed by atoms with Crippen molar-refractivity contribution in [2.45, 2.75) is 20.8 Å². The smallest absolute Gasteiger partial charge is 0.139 e. The van der Waals surface area contributed by atoms with Crippen LogP contribution in [-0.4, -0.2) is 15.3 Å². The van der Waals surface area contributed by atoms with E-state index in [0.29, 0.717) is 34.1 Å². The Kier molecular flexibility index (Phi) is 5.65. The number of benzene rings is 4. The van der Waals surface area contributed by atoms with E-state index in [1.165, 1.54) is 0 Å². The van der Waals surface area contributed by atoms with Crippen LogP contribution in [0.4, 0.5) is 17.1 Å². The zero-order chi connectivity index (χ0) is 22.8. The van der Waals surface area contributed by atoms with Crippen LogP contribution in [0.5, 0.6) is 28.7 Å². The maximum Gasteiger partial charge on any atom is 0.139 e. The molecule has 4 aromatic carbocycles. The topological polar surface area (TPSA) is 73.2 Å². The highest BCUT2D eigenvalue weighted by atomic mass is 16.5. The van der Waals surface area contributed by atoms with Crippen molar-refractivity contribution in [1.82, 2.24) is 0 Å². The molecule has 0 bridgehead atoms. The molecule has 0 atom stereocenters. The van der Waals surface area contributed by atoms with Crippen LogP contribution in [0.3, 0.4) is 0 Å². The minimum atomic E-state index is 0.0895. The monoisotopic (exact) mass is 427 g/mol. The summed E-state index contributed by atoms with van der Waals surface area (Å²) in [6.45, 7) is 5.68. The van der Waals surface area contributed by atoms with Crippen LogP contribution in [0.1, 0.15) is 16.7 Å². The summed E-state index contributed by atoms with van der Waals surface area (Å²) in [5.41, 5.74) is 4.35. The van der Waals surface area contributed by atoms with Crippen molar-refractivity contribution in [2.24, 2.45) is 0 Å². The van der Waals surface area contributed by atoms with Gasteiger partial charge in [0, 0.05) is 11.6 Å². The van der Waals surface area contributed by atoms with Crippen molar-refractivity contribution >= 4 is 17.1 Å². The van der Waals surface area contributed by atoms with Gasteiger partial charge in [0.15, 0.2) is 0 Å². The third kappa shape index (κ3) is 4.18. The van der Waals surface area contributed by atoms with E-state index in [-0.39, 0.29) is 17.2 Å². The number of hydrogen-bond donors (Lipinski definition) is 3. The van der Waals surface area contributed by atoms with Crippen molar-refractivity contribution < 1.29 is 20.1 Å². The summed E-state index contributed by atoms with van der Waals surface area (Å²) in [5.74, 6) is 1.44. The van der Waals surface area contributed by atoms with Crippen molar-refractivity contribution in [2.75, 3.05) is 4.90 Å². The molecule has 0 radical (unpaired) electrons. The summed E-state index contributed by atoms with van der Waals surface area (Å²) in [6, 6.07) is 23.2. The van der Waals surface area contributed by atoms with Gasteiger partial charge < -0.3 is 25.0 Å². The molecule has 0 spiro atoms. The Hall–Kier alpha value is -4.12. The molecule has 0 aliphatic rings. The number of phenolic OH excluding ortho intramolecular Hbond substituents is 3. The van der Waals surface area contributed by atoms with Gasteiger partial charge in [-0.2, -0.15) is 0 Å². The highest BCUT2D eigenvalue weighted by Gasteiger charge is 2.20. The first-order chi connectivity index (χ1) is 15.3. The SMILES string of the molecule is Cc1ccc(O)c(N(c2cccc(Oc3cccc(O)c3C)c2)c2cc(C)ccc2O)c1. The average molecular weight is 428 g/mol. The highest BCUT2D eigenvalue weighted by molar-refractivity contribution is 5.83. The van der Waals surface area contributed by atoms with Crippen LogP contribution in [-0.2, 0) is 0 Å². The van der Waals surface area contributed by atoms with Crippen LogP contribution < -0.4 is 9.64 Å². The lowest BCUT2D eigenvalue weighted by Crippen LogP contribution is -2.11. The average Bonchev–Trinajstić information content (AvgIpc) is 2.77. The molecule has 0 saturated heterocycles. The summed E-state index contributed by atoms with van der Waals surface area (Å²) in [6.07, 6.45) is 0. The molecule has 5 heteroatoms. The molecular weight excluding hydrogens is 402 g/mol. The molecule has 0 aromatic heterocycles. The van der Waals surface area contributed by atoms with E-state index in [4.69, 9.17) is 4.74 Å². The Morgan fingerprint density at radius 3 is 1.84 bits per heavy atom. The number of nitrogens with zero attached hydrogens (tertiary/aromatic N) is 1. The molecular formula is C27H25NO4. The Balaban J connectivity index is 1.85. The molecule has 0 aliphatic carbocycles. The summed E-state index contributed by atoms with van der Waals surface area (Å²) in [5, 5.41) is 31.3. The van der Waals surface area contributed by atoms with Gasteiger partial charge in [-0.25, -0.2) is 0 Å². The maximum absolute atomic E-state index is 10.7. The summed E-state index contributed by atoms with van der Waals surface area (Å²) < 4.78 is 6.05. The number of ether oxygens (including phenoxy) is 1. The second-order valence-corrected chi connectivity index (χ2v) is 7.82. The minimum absolute atomic E-state index is 0.0895. The number of rotatable bonds is 5. The van der Waals surface area contributed by atoms with E-state index in [1.54, 1.807) is 42.2 Å². The second-order valence-electron chi connectivity index (χ2n) is 7.82. The molecule has 0 fully saturated rings. The molecule has 4 rings (SSSR count). The van der Waals surface area contributed by atoms with Crippen LogP contribution in [0.2, 0.25) is 0 Å². The van der Waals surface area contributed by atoms with E-state index < -0.39 is 0 Å². The zero-order valence-electron chi connectivity index (χ0n) is 18.2. The van der Waals surface area contributed by atoms with Gasteiger partial charge in [-0.3, -0.25) is 0 Å². The first-order valence-corrected chi connectivity index (χ1v) is 10.3. The van der Waals surface area contributed by atoms with Gasteiger partial charge in [-0.15, -0.1) is 0 Å². The third-order valence-corrected chi connectivity index (χ3v) is 5.30. The fourth-order valence-electron chi connectivity index (χ4n) is 3.56. The zero-order valence-corrected chi connectivity index (χ0v) is 18.2. The number of aromatic hydroxyl groups is 3. The Morgan fingerprint density at radius 2 is 1.22 bits per heavy atom. The molecule has 4 aromatic rings. The van der Waals surface area contributed by atoms with Crippen LogP contribution in [0.15, 0.2) is 78.9 Å². The van der Waals surface area contributed by atoms with Crippen LogP contribution in [0, 0.1) is 20.8 Å². The molecule has 5 nitrogen and oxygen atoms in total. The lowest BCUT2D eigenvalue weighted by molar-refractivity contribution is 0.448. The van der Waals surface area contributed by atoms with E-state index >= 15 is 0 Å². The predicted octanol–water partition coefficient (Wildman–Crippen LogP) is 6.99. The Labute approximate surface area is 187 Å². The van der Waals surface area contributed by atoms with Gasteiger partial charge in [0.05, 0.1) is 17.1 Å². The molecule has 0 amide bonds. The quantitative estimate of drug-likeness (QED) is 0.320. The largest absolute Gasteiger partial charge is 0.508 e. The summed E-state index contributed by atoms with van der Waals surface area (Å²) >= 11 is 0. The van der Waals surface area contributed by atoms with Gasteiger partial charge in [0.25, 0.3) is 0 Å². The number of anilines is 3. The summed E-state index contributed by atoms with van der Waals surface area (Å²) in [7, 11) is 0.